The molecule has 0 radical (unpaired) electrons. The van der Waals surface area contributed by atoms with Gasteiger partial charge in [0.05, 0.1) is 11.4 Å². The van der Waals surface area contributed by atoms with Crippen LogP contribution in [0.25, 0.3) is 0 Å². The molecular weight excluding hydrogens is 200 g/mol. The number of hydrazine groups is 1. The molecule has 16 heavy (non-hydrogen) atoms. The van der Waals surface area contributed by atoms with Crippen molar-refractivity contribution in [3.8, 4) is 0 Å². The van der Waals surface area contributed by atoms with Gasteiger partial charge in [-0.05, 0) is 18.6 Å². The molecule has 0 bridgehead atoms. The molecule has 0 aliphatic carbocycles. The fraction of sp³-hybridized carbons (Fsp3) is 0.500. The largest absolute Gasteiger partial charge is 0.359 e. The van der Waals surface area contributed by atoms with Gasteiger partial charge in [-0.3, -0.25) is 10.0 Å². The van der Waals surface area contributed by atoms with E-state index in [9.17, 15) is 0 Å². The Morgan fingerprint density at radius 1 is 1.06 bits per heavy atom. The van der Waals surface area contributed by atoms with Gasteiger partial charge in [0.1, 0.15) is 13.3 Å². The summed E-state index contributed by atoms with van der Waals surface area (Å²) in [6.45, 7) is 5.30. The molecule has 0 unspecified atom stereocenters. The van der Waals surface area contributed by atoms with E-state index < -0.39 is 0 Å². The third-order valence-corrected chi connectivity index (χ3v) is 3.16. The second-order valence-corrected chi connectivity index (χ2v) is 4.59. The lowest BCUT2D eigenvalue weighted by Crippen LogP contribution is -2.43. The lowest BCUT2D eigenvalue weighted by Gasteiger charge is -2.36. The summed E-state index contributed by atoms with van der Waals surface area (Å²) in [7, 11) is 2.11. The van der Waals surface area contributed by atoms with Gasteiger partial charge in [0, 0.05) is 26.0 Å². The van der Waals surface area contributed by atoms with Gasteiger partial charge in [0.25, 0.3) is 0 Å². The molecular formula is C12H18N4. The van der Waals surface area contributed by atoms with Crippen molar-refractivity contribution in [1.82, 2.24) is 19.8 Å². The molecule has 3 rings (SSSR count). The van der Waals surface area contributed by atoms with Crippen LogP contribution in [0, 0.1) is 0 Å². The maximum Gasteiger partial charge on any atom is 0.110 e. The quantitative estimate of drug-likeness (QED) is 0.693. The molecule has 3 aliphatic rings. The zero-order valence-electron chi connectivity index (χ0n) is 9.93. The third-order valence-electron chi connectivity index (χ3n) is 3.16. The molecule has 4 heteroatoms. The summed E-state index contributed by atoms with van der Waals surface area (Å²) in [5.74, 6) is 0. The number of hydrogen-bond donors (Lipinski definition) is 0. The first-order chi connectivity index (χ1) is 7.78. The molecule has 3 aliphatic heterocycles. The topological polar surface area (TPSA) is 13.0 Å². The van der Waals surface area contributed by atoms with E-state index in [1.54, 1.807) is 0 Å². The predicted octanol–water partition coefficient (Wildman–Crippen LogP) is 1.34. The highest BCUT2D eigenvalue weighted by Gasteiger charge is 2.31. The average molecular weight is 218 g/mol. The van der Waals surface area contributed by atoms with Gasteiger partial charge in [-0.1, -0.05) is 6.92 Å². The van der Waals surface area contributed by atoms with Gasteiger partial charge >= 0.3 is 0 Å². The standard InChI is InChI=1S/C12H18N4/c1-3-6-14-8-12-5-4-11-7-13(2)9-15(11)16(12)10-14/h4-5,7-8H,3,6,9-10H2,1-2H3. The predicted molar refractivity (Wildman–Crippen MR) is 63.5 cm³/mol. The first kappa shape index (κ1) is 9.63. The zero-order valence-corrected chi connectivity index (χ0v) is 9.93. The highest BCUT2D eigenvalue weighted by atomic mass is 15.7. The van der Waals surface area contributed by atoms with Crippen molar-refractivity contribution in [3.05, 3.63) is 35.9 Å². The summed E-state index contributed by atoms with van der Waals surface area (Å²) < 4.78 is 0. The van der Waals surface area contributed by atoms with Crippen molar-refractivity contribution in [2.45, 2.75) is 13.3 Å². The van der Waals surface area contributed by atoms with Crippen LogP contribution in [0.2, 0.25) is 0 Å². The average Bonchev–Trinajstić information content (AvgIpc) is 2.79. The Kier molecular flexibility index (Phi) is 2.09. The number of rotatable bonds is 2. The van der Waals surface area contributed by atoms with E-state index in [1.165, 1.54) is 17.8 Å². The van der Waals surface area contributed by atoms with Gasteiger partial charge in [0.2, 0.25) is 0 Å². The Morgan fingerprint density at radius 2 is 1.75 bits per heavy atom. The summed E-state index contributed by atoms with van der Waals surface area (Å²) in [6.07, 6.45) is 10.0. The number of nitrogens with zero attached hydrogens (tertiary/aromatic N) is 4. The Hall–Kier alpha value is -1.58. The molecule has 0 aromatic carbocycles. The van der Waals surface area contributed by atoms with Crippen LogP contribution in [0.5, 0.6) is 0 Å². The zero-order chi connectivity index (χ0) is 11.1. The maximum atomic E-state index is 2.38. The highest BCUT2D eigenvalue weighted by molar-refractivity contribution is 5.34. The minimum absolute atomic E-state index is 0.955. The van der Waals surface area contributed by atoms with Crippen LogP contribution < -0.4 is 0 Å². The van der Waals surface area contributed by atoms with Crippen molar-refractivity contribution >= 4 is 0 Å². The fourth-order valence-corrected chi connectivity index (χ4v) is 2.46. The van der Waals surface area contributed by atoms with Crippen LogP contribution in [-0.4, -0.2) is 46.7 Å². The minimum atomic E-state index is 0.955. The molecule has 0 atom stereocenters. The van der Waals surface area contributed by atoms with Crippen LogP contribution in [-0.2, 0) is 0 Å². The molecule has 0 N–H and O–H groups in total. The van der Waals surface area contributed by atoms with Crippen molar-refractivity contribution in [2.24, 2.45) is 0 Å². The minimum Gasteiger partial charge on any atom is -0.359 e. The molecule has 0 amide bonds. The summed E-state index contributed by atoms with van der Waals surface area (Å²) >= 11 is 0. The number of fused-ring (bicyclic) bond motifs is 3. The van der Waals surface area contributed by atoms with Crippen molar-refractivity contribution in [1.29, 1.82) is 0 Å². The summed E-state index contributed by atoms with van der Waals surface area (Å²) in [6, 6.07) is 0. The van der Waals surface area contributed by atoms with Crippen LogP contribution in [0.1, 0.15) is 13.3 Å². The molecule has 0 spiro atoms. The van der Waals surface area contributed by atoms with Crippen molar-refractivity contribution in [2.75, 3.05) is 26.9 Å². The summed E-state index contributed by atoms with van der Waals surface area (Å²) in [5, 5.41) is 4.69. The van der Waals surface area contributed by atoms with Crippen LogP contribution in [0.15, 0.2) is 35.9 Å². The molecule has 86 valence electrons. The maximum absolute atomic E-state index is 2.38. The van der Waals surface area contributed by atoms with E-state index >= 15 is 0 Å². The number of hydrogen-bond acceptors (Lipinski definition) is 4. The second kappa shape index (κ2) is 3.47. The molecule has 0 aromatic rings. The SMILES string of the molecule is CCCN1C=C2C=CC3=CN(C)CN3N2C1. The van der Waals surface area contributed by atoms with E-state index in [0.29, 0.717) is 0 Å². The van der Waals surface area contributed by atoms with Crippen LogP contribution in [0.4, 0.5) is 0 Å². The molecule has 0 fully saturated rings. The van der Waals surface area contributed by atoms with E-state index in [-0.39, 0.29) is 0 Å². The van der Waals surface area contributed by atoms with Crippen molar-refractivity contribution < 1.29 is 0 Å². The van der Waals surface area contributed by atoms with Crippen LogP contribution >= 0.6 is 0 Å². The molecule has 0 saturated heterocycles. The monoisotopic (exact) mass is 218 g/mol. The Balaban J connectivity index is 1.82. The molecule has 0 aromatic heterocycles. The van der Waals surface area contributed by atoms with E-state index in [1.807, 2.05) is 0 Å². The first-order valence-electron chi connectivity index (χ1n) is 5.89. The summed E-state index contributed by atoms with van der Waals surface area (Å²) in [5.41, 5.74) is 2.60. The van der Waals surface area contributed by atoms with E-state index in [2.05, 4.69) is 58.3 Å². The van der Waals surface area contributed by atoms with Crippen LogP contribution in [0.3, 0.4) is 0 Å². The first-order valence-corrected chi connectivity index (χ1v) is 5.89. The molecule has 0 saturated carbocycles. The smallest absolute Gasteiger partial charge is 0.110 e. The van der Waals surface area contributed by atoms with Crippen molar-refractivity contribution in [3.63, 3.8) is 0 Å². The Morgan fingerprint density at radius 3 is 2.50 bits per heavy atom. The second-order valence-electron chi connectivity index (χ2n) is 4.59. The van der Waals surface area contributed by atoms with Gasteiger partial charge in [0.15, 0.2) is 0 Å². The van der Waals surface area contributed by atoms with Gasteiger partial charge in [-0.15, -0.1) is 0 Å². The molecule has 4 nitrogen and oxygen atoms in total. The fourth-order valence-electron chi connectivity index (χ4n) is 2.46. The normalized spacial score (nSPS) is 22.4. The van der Waals surface area contributed by atoms with Gasteiger partial charge < -0.3 is 9.80 Å². The van der Waals surface area contributed by atoms with Gasteiger partial charge in [-0.2, -0.15) is 0 Å². The highest BCUT2D eigenvalue weighted by Crippen LogP contribution is 2.30. The van der Waals surface area contributed by atoms with E-state index in [0.717, 1.165) is 19.9 Å². The Bertz CT molecular complexity index is 382. The summed E-state index contributed by atoms with van der Waals surface area (Å²) in [4.78, 5) is 4.59. The van der Waals surface area contributed by atoms with Gasteiger partial charge in [-0.25, -0.2) is 0 Å². The number of allylic oxidation sites excluding steroid dienone is 2. The third kappa shape index (κ3) is 1.37. The Labute approximate surface area is 96.7 Å². The lowest BCUT2D eigenvalue weighted by molar-refractivity contribution is 0.0208. The van der Waals surface area contributed by atoms with E-state index in [4.69, 9.17) is 0 Å². The molecule has 3 heterocycles. The lowest BCUT2D eigenvalue weighted by atomic mass is 10.3.